The number of piperazine rings is 1. The Morgan fingerprint density at radius 2 is 2.21 bits per heavy atom. The van der Waals surface area contributed by atoms with Crippen molar-refractivity contribution < 1.29 is 18.0 Å². The third kappa shape index (κ3) is 3.04. The van der Waals surface area contributed by atoms with Crippen LogP contribution in [0.25, 0.3) is 0 Å². The van der Waals surface area contributed by atoms with Crippen molar-refractivity contribution in [1.29, 1.82) is 0 Å². The number of hydrogen-bond acceptors (Lipinski definition) is 3. The van der Waals surface area contributed by atoms with E-state index in [-0.39, 0.29) is 17.6 Å². The van der Waals surface area contributed by atoms with Gasteiger partial charge in [-0.25, -0.2) is 0 Å². The molecule has 1 aliphatic rings. The molecule has 1 amide bonds. The van der Waals surface area contributed by atoms with Crippen LogP contribution in [0.5, 0.6) is 0 Å². The summed E-state index contributed by atoms with van der Waals surface area (Å²) in [5, 5.41) is 3.14. The Kier molecular flexibility index (Phi) is 3.75. The average Bonchev–Trinajstić information content (AvgIpc) is 2.38. The molecule has 19 heavy (non-hydrogen) atoms. The van der Waals surface area contributed by atoms with E-state index in [1.54, 1.807) is 4.90 Å². The van der Waals surface area contributed by atoms with Gasteiger partial charge >= 0.3 is 6.18 Å². The standard InChI is InChI=1S/C12H14F3N3O/c1-8-6-16-4-5-18(8)11(19)10-3-2-9(7-17-10)12(13,14)15/h2-3,7-8,16H,4-6H2,1H3/t8-/m0/s1. The molecule has 2 rings (SSSR count). The van der Waals surface area contributed by atoms with Gasteiger partial charge in [0.1, 0.15) is 5.69 Å². The van der Waals surface area contributed by atoms with Crippen LogP contribution < -0.4 is 5.32 Å². The number of pyridine rings is 1. The zero-order valence-corrected chi connectivity index (χ0v) is 10.4. The maximum absolute atomic E-state index is 12.4. The molecule has 0 aliphatic carbocycles. The van der Waals surface area contributed by atoms with Gasteiger partial charge in [0, 0.05) is 31.9 Å². The molecule has 0 bridgehead atoms. The van der Waals surface area contributed by atoms with Crippen LogP contribution in [0.15, 0.2) is 18.3 Å². The molecule has 1 aromatic heterocycles. The lowest BCUT2D eigenvalue weighted by Gasteiger charge is -2.33. The highest BCUT2D eigenvalue weighted by Gasteiger charge is 2.31. The molecule has 0 spiro atoms. The van der Waals surface area contributed by atoms with Crippen molar-refractivity contribution in [2.45, 2.75) is 19.1 Å². The van der Waals surface area contributed by atoms with E-state index in [1.165, 1.54) is 0 Å². The monoisotopic (exact) mass is 273 g/mol. The van der Waals surface area contributed by atoms with Gasteiger partial charge in [-0.2, -0.15) is 13.2 Å². The third-order valence-corrected chi connectivity index (χ3v) is 3.07. The Balaban J connectivity index is 2.15. The fourth-order valence-corrected chi connectivity index (χ4v) is 1.98. The molecule has 1 atom stereocenters. The minimum atomic E-state index is -4.43. The Labute approximate surface area is 108 Å². The topological polar surface area (TPSA) is 45.2 Å². The van der Waals surface area contributed by atoms with E-state index < -0.39 is 11.7 Å². The Hall–Kier alpha value is -1.63. The van der Waals surface area contributed by atoms with Crippen molar-refractivity contribution in [3.8, 4) is 0 Å². The van der Waals surface area contributed by atoms with Crippen molar-refractivity contribution in [3.05, 3.63) is 29.6 Å². The van der Waals surface area contributed by atoms with Gasteiger partial charge in [-0.1, -0.05) is 0 Å². The number of rotatable bonds is 1. The van der Waals surface area contributed by atoms with Gasteiger partial charge < -0.3 is 10.2 Å². The van der Waals surface area contributed by atoms with Gasteiger partial charge in [-0.3, -0.25) is 9.78 Å². The molecule has 0 radical (unpaired) electrons. The zero-order chi connectivity index (χ0) is 14.0. The highest BCUT2D eigenvalue weighted by molar-refractivity contribution is 5.92. The lowest BCUT2D eigenvalue weighted by Crippen LogP contribution is -2.52. The number of halogens is 3. The van der Waals surface area contributed by atoms with E-state index >= 15 is 0 Å². The molecule has 1 N–H and O–H groups in total. The highest BCUT2D eigenvalue weighted by atomic mass is 19.4. The third-order valence-electron chi connectivity index (χ3n) is 3.07. The molecule has 7 heteroatoms. The molecule has 1 fully saturated rings. The second-order valence-electron chi connectivity index (χ2n) is 4.48. The normalized spacial score (nSPS) is 20.4. The lowest BCUT2D eigenvalue weighted by molar-refractivity contribution is -0.137. The second kappa shape index (κ2) is 5.16. The number of hydrogen-bond donors (Lipinski definition) is 1. The van der Waals surface area contributed by atoms with E-state index in [2.05, 4.69) is 10.3 Å². The summed E-state index contributed by atoms with van der Waals surface area (Å²) < 4.78 is 37.2. The molecule has 2 heterocycles. The van der Waals surface area contributed by atoms with Crippen LogP contribution in [-0.4, -0.2) is 41.5 Å². The molecule has 4 nitrogen and oxygen atoms in total. The van der Waals surface area contributed by atoms with Crippen molar-refractivity contribution in [2.24, 2.45) is 0 Å². The van der Waals surface area contributed by atoms with Gasteiger partial charge in [0.25, 0.3) is 5.91 Å². The van der Waals surface area contributed by atoms with Crippen molar-refractivity contribution in [1.82, 2.24) is 15.2 Å². The largest absolute Gasteiger partial charge is 0.417 e. The quantitative estimate of drug-likeness (QED) is 0.844. The van der Waals surface area contributed by atoms with Crippen LogP contribution in [0.2, 0.25) is 0 Å². The van der Waals surface area contributed by atoms with Crippen LogP contribution in [-0.2, 0) is 6.18 Å². The summed E-state index contributed by atoms with van der Waals surface area (Å²) in [5.74, 6) is -0.331. The summed E-state index contributed by atoms with van der Waals surface area (Å²) in [5.41, 5.74) is -0.806. The fourth-order valence-electron chi connectivity index (χ4n) is 1.98. The van der Waals surface area contributed by atoms with Gasteiger partial charge in [-0.05, 0) is 19.1 Å². The highest BCUT2D eigenvalue weighted by Crippen LogP contribution is 2.28. The molecule has 104 valence electrons. The Morgan fingerprint density at radius 3 is 2.74 bits per heavy atom. The van der Waals surface area contributed by atoms with Gasteiger partial charge in [0.2, 0.25) is 0 Å². The number of amides is 1. The van der Waals surface area contributed by atoms with E-state index in [4.69, 9.17) is 0 Å². The molecule has 0 aromatic carbocycles. The van der Waals surface area contributed by atoms with Crippen molar-refractivity contribution >= 4 is 5.91 Å². The predicted molar refractivity (Wildman–Crippen MR) is 62.6 cm³/mol. The number of nitrogens with zero attached hydrogens (tertiary/aromatic N) is 2. The summed E-state index contributed by atoms with van der Waals surface area (Å²) >= 11 is 0. The lowest BCUT2D eigenvalue weighted by atomic mass is 10.2. The smallest absolute Gasteiger partial charge is 0.332 e. The van der Waals surface area contributed by atoms with Crippen LogP contribution in [0.4, 0.5) is 13.2 Å². The Bertz CT molecular complexity index is 458. The number of alkyl halides is 3. The van der Waals surface area contributed by atoms with Crippen LogP contribution in [0.3, 0.4) is 0 Å². The molecule has 0 unspecified atom stereocenters. The first kappa shape index (κ1) is 13.8. The predicted octanol–water partition coefficient (Wildman–Crippen LogP) is 1.53. The average molecular weight is 273 g/mol. The zero-order valence-electron chi connectivity index (χ0n) is 10.4. The number of carbonyl (C=O) groups excluding carboxylic acids is 1. The first-order valence-electron chi connectivity index (χ1n) is 5.94. The maximum atomic E-state index is 12.4. The second-order valence-corrected chi connectivity index (χ2v) is 4.48. The van der Waals surface area contributed by atoms with E-state index in [9.17, 15) is 18.0 Å². The fraction of sp³-hybridized carbons (Fsp3) is 0.500. The van der Waals surface area contributed by atoms with Crippen LogP contribution >= 0.6 is 0 Å². The van der Waals surface area contributed by atoms with Crippen LogP contribution in [0, 0.1) is 0 Å². The first-order valence-corrected chi connectivity index (χ1v) is 5.94. The number of nitrogens with one attached hydrogen (secondary N) is 1. The SMILES string of the molecule is C[C@H]1CNCCN1C(=O)c1ccc(C(F)(F)F)cn1. The van der Waals surface area contributed by atoms with E-state index in [1.807, 2.05) is 6.92 Å². The van der Waals surface area contributed by atoms with Gasteiger partial charge in [0.15, 0.2) is 0 Å². The van der Waals surface area contributed by atoms with E-state index in [0.29, 0.717) is 25.8 Å². The maximum Gasteiger partial charge on any atom is 0.417 e. The molecular weight excluding hydrogens is 259 g/mol. The number of carbonyl (C=O) groups is 1. The summed E-state index contributed by atoms with van der Waals surface area (Å²) in [7, 11) is 0. The van der Waals surface area contributed by atoms with Crippen LogP contribution in [0.1, 0.15) is 23.0 Å². The summed E-state index contributed by atoms with van der Waals surface area (Å²) in [6, 6.07) is 2.01. The minimum absolute atomic E-state index is 0.00495. The Morgan fingerprint density at radius 1 is 1.47 bits per heavy atom. The van der Waals surface area contributed by atoms with Crippen molar-refractivity contribution in [2.75, 3.05) is 19.6 Å². The number of aromatic nitrogens is 1. The summed E-state index contributed by atoms with van der Waals surface area (Å²) in [4.78, 5) is 17.4. The molecule has 1 saturated heterocycles. The minimum Gasteiger partial charge on any atom is -0.332 e. The molecule has 1 aromatic rings. The van der Waals surface area contributed by atoms with Gasteiger partial charge in [0.05, 0.1) is 5.56 Å². The van der Waals surface area contributed by atoms with Gasteiger partial charge in [-0.15, -0.1) is 0 Å². The van der Waals surface area contributed by atoms with Crippen molar-refractivity contribution in [3.63, 3.8) is 0 Å². The molecule has 1 aliphatic heterocycles. The first-order chi connectivity index (χ1) is 8.89. The summed E-state index contributed by atoms with van der Waals surface area (Å²) in [6.45, 7) is 3.76. The van der Waals surface area contributed by atoms with E-state index in [0.717, 1.165) is 12.1 Å². The molecule has 0 saturated carbocycles. The molecular formula is C12H14F3N3O. The summed E-state index contributed by atoms with van der Waals surface area (Å²) in [6.07, 6.45) is -3.74.